The monoisotopic (exact) mass is 328 g/mol. The molecule has 0 heterocycles. The molecular weight excluding hydrogens is 312 g/mol. The molecule has 0 spiro atoms. The molecule has 0 atom stereocenters. The molecular formula is C18H17ClN2O2. The second-order valence-corrected chi connectivity index (χ2v) is 5.99. The number of ether oxygens (including phenoxy) is 1. The molecule has 0 saturated heterocycles. The molecule has 23 heavy (non-hydrogen) atoms. The van der Waals surface area contributed by atoms with Crippen LogP contribution in [0.25, 0.3) is 0 Å². The normalized spacial score (nSPS) is 10.7. The van der Waals surface area contributed by atoms with Gasteiger partial charge in [0.05, 0.1) is 12.5 Å². The topological polar surface area (TPSA) is 62.1 Å². The summed E-state index contributed by atoms with van der Waals surface area (Å²) in [4.78, 5) is 12.4. The van der Waals surface area contributed by atoms with Gasteiger partial charge in [-0.2, -0.15) is 5.26 Å². The summed E-state index contributed by atoms with van der Waals surface area (Å²) >= 11 is 5.83. The molecule has 0 fully saturated rings. The zero-order chi connectivity index (χ0) is 16.9. The zero-order valence-corrected chi connectivity index (χ0v) is 13.7. The van der Waals surface area contributed by atoms with Gasteiger partial charge in [0.1, 0.15) is 5.75 Å². The molecule has 0 bridgehead atoms. The Morgan fingerprint density at radius 2 is 1.78 bits per heavy atom. The van der Waals surface area contributed by atoms with E-state index < -0.39 is 5.60 Å². The van der Waals surface area contributed by atoms with Crippen molar-refractivity contribution in [3.05, 3.63) is 59.1 Å². The van der Waals surface area contributed by atoms with E-state index in [1.165, 1.54) is 0 Å². The van der Waals surface area contributed by atoms with Crippen LogP contribution in [0.5, 0.6) is 5.75 Å². The lowest BCUT2D eigenvalue weighted by atomic mass is 10.1. The Labute approximate surface area is 140 Å². The summed E-state index contributed by atoms with van der Waals surface area (Å²) in [5, 5.41) is 12.1. The van der Waals surface area contributed by atoms with Crippen molar-refractivity contribution in [1.29, 1.82) is 5.26 Å². The van der Waals surface area contributed by atoms with Crippen LogP contribution in [0.1, 0.15) is 19.4 Å². The molecule has 118 valence electrons. The van der Waals surface area contributed by atoms with Crippen molar-refractivity contribution >= 4 is 23.2 Å². The van der Waals surface area contributed by atoms with Gasteiger partial charge in [-0.05, 0) is 55.8 Å². The minimum atomic E-state index is -1.04. The van der Waals surface area contributed by atoms with Gasteiger partial charge in [0.25, 0.3) is 5.91 Å². The molecule has 0 unspecified atom stereocenters. The van der Waals surface area contributed by atoms with Gasteiger partial charge >= 0.3 is 0 Å². The van der Waals surface area contributed by atoms with Gasteiger partial charge in [-0.15, -0.1) is 0 Å². The Hall–Kier alpha value is -2.51. The number of halogens is 1. The van der Waals surface area contributed by atoms with Crippen molar-refractivity contribution in [2.45, 2.75) is 25.9 Å². The highest BCUT2D eigenvalue weighted by Crippen LogP contribution is 2.22. The second kappa shape index (κ2) is 7.17. The van der Waals surface area contributed by atoms with Crippen LogP contribution in [0, 0.1) is 11.3 Å². The van der Waals surface area contributed by atoms with Crippen molar-refractivity contribution in [2.75, 3.05) is 5.32 Å². The van der Waals surface area contributed by atoms with E-state index in [-0.39, 0.29) is 5.91 Å². The van der Waals surface area contributed by atoms with Gasteiger partial charge in [0.15, 0.2) is 5.60 Å². The molecule has 5 heteroatoms. The van der Waals surface area contributed by atoms with Crippen LogP contribution in [0.3, 0.4) is 0 Å². The van der Waals surface area contributed by atoms with Crippen LogP contribution in [-0.2, 0) is 11.2 Å². The van der Waals surface area contributed by atoms with Crippen molar-refractivity contribution in [3.8, 4) is 11.8 Å². The lowest BCUT2D eigenvalue weighted by Gasteiger charge is -2.25. The van der Waals surface area contributed by atoms with E-state index in [1.54, 1.807) is 50.2 Å². The fraction of sp³-hybridized carbons (Fsp3) is 0.222. The van der Waals surface area contributed by atoms with E-state index in [4.69, 9.17) is 21.6 Å². The van der Waals surface area contributed by atoms with Gasteiger partial charge in [-0.3, -0.25) is 4.79 Å². The summed E-state index contributed by atoms with van der Waals surface area (Å²) in [7, 11) is 0. The maximum atomic E-state index is 12.4. The molecule has 0 aromatic heterocycles. The fourth-order valence-corrected chi connectivity index (χ4v) is 2.05. The minimum absolute atomic E-state index is 0.263. The standard InChI is InChI=1S/C18H17ClN2O2/c1-18(2,23-16-9-5-14(19)6-10-16)17(22)21-15-7-3-13(4-8-15)11-12-20/h3-10H,11H2,1-2H3,(H,21,22). The van der Waals surface area contributed by atoms with E-state index in [2.05, 4.69) is 11.4 Å². The summed E-state index contributed by atoms with van der Waals surface area (Å²) in [6, 6.07) is 16.1. The van der Waals surface area contributed by atoms with Crippen molar-refractivity contribution < 1.29 is 9.53 Å². The molecule has 4 nitrogen and oxygen atoms in total. The molecule has 0 aliphatic carbocycles. The van der Waals surface area contributed by atoms with E-state index >= 15 is 0 Å². The highest BCUT2D eigenvalue weighted by Gasteiger charge is 2.30. The first kappa shape index (κ1) is 16.9. The molecule has 0 radical (unpaired) electrons. The third-order valence-corrected chi connectivity index (χ3v) is 3.48. The first-order valence-corrected chi connectivity index (χ1v) is 7.50. The Morgan fingerprint density at radius 1 is 1.17 bits per heavy atom. The average molecular weight is 329 g/mol. The van der Waals surface area contributed by atoms with Gasteiger partial charge in [0, 0.05) is 10.7 Å². The van der Waals surface area contributed by atoms with E-state index in [9.17, 15) is 4.79 Å². The van der Waals surface area contributed by atoms with E-state index in [0.29, 0.717) is 22.9 Å². The van der Waals surface area contributed by atoms with Crippen LogP contribution in [0.4, 0.5) is 5.69 Å². The summed E-state index contributed by atoms with van der Waals surface area (Å²) < 4.78 is 5.74. The second-order valence-electron chi connectivity index (χ2n) is 5.55. The van der Waals surface area contributed by atoms with Crippen LogP contribution in [0.15, 0.2) is 48.5 Å². The van der Waals surface area contributed by atoms with Gasteiger partial charge in [0.2, 0.25) is 0 Å². The number of benzene rings is 2. The Bertz CT molecular complexity index is 716. The van der Waals surface area contributed by atoms with Crippen molar-refractivity contribution in [3.63, 3.8) is 0 Å². The molecule has 2 aromatic rings. The number of nitriles is 1. The van der Waals surface area contributed by atoms with Gasteiger partial charge in [-0.1, -0.05) is 23.7 Å². The van der Waals surface area contributed by atoms with Gasteiger partial charge in [-0.25, -0.2) is 0 Å². The largest absolute Gasteiger partial charge is 0.478 e. The molecule has 1 amide bonds. The maximum Gasteiger partial charge on any atom is 0.267 e. The van der Waals surface area contributed by atoms with Gasteiger partial charge < -0.3 is 10.1 Å². The third kappa shape index (κ3) is 4.73. The average Bonchev–Trinajstić information content (AvgIpc) is 2.51. The predicted molar refractivity (Wildman–Crippen MR) is 90.5 cm³/mol. The molecule has 2 aromatic carbocycles. The SMILES string of the molecule is CC(C)(Oc1ccc(Cl)cc1)C(=O)Nc1ccc(CC#N)cc1. The van der Waals surface area contributed by atoms with Crippen LogP contribution in [-0.4, -0.2) is 11.5 Å². The smallest absolute Gasteiger partial charge is 0.267 e. The highest BCUT2D eigenvalue weighted by atomic mass is 35.5. The fourth-order valence-electron chi connectivity index (χ4n) is 1.92. The Morgan fingerprint density at radius 3 is 2.35 bits per heavy atom. The van der Waals surface area contributed by atoms with Crippen molar-refractivity contribution in [2.24, 2.45) is 0 Å². The molecule has 0 saturated carbocycles. The van der Waals surface area contributed by atoms with E-state index in [0.717, 1.165) is 5.56 Å². The predicted octanol–water partition coefficient (Wildman–Crippen LogP) is 4.20. The molecule has 1 N–H and O–H groups in total. The summed E-state index contributed by atoms with van der Waals surface area (Å²) in [5.74, 6) is 0.305. The summed E-state index contributed by atoms with van der Waals surface area (Å²) in [6.45, 7) is 3.39. The van der Waals surface area contributed by atoms with Crippen molar-refractivity contribution in [1.82, 2.24) is 0 Å². The minimum Gasteiger partial charge on any atom is -0.478 e. The Kier molecular flexibility index (Phi) is 5.25. The van der Waals surface area contributed by atoms with Crippen LogP contribution in [0.2, 0.25) is 5.02 Å². The summed E-state index contributed by atoms with van der Waals surface area (Å²) in [6.07, 6.45) is 0.347. The van der Waals surface area contributed by atoms with Crippen LogP contribution >= 0.6 is 11.6 Å². The number of hydrogen-bond acceptors (Lipinski definition) is 3. The number of hydrogen-bond donors (Lipinski definition) is 1. The van der Waals surface area contributed by atoms with Crippen LogP contribution < -0.4 is 10.1 Å². The lowest BCUT2D eigenvalue weighted by Crippen LogP contribution is -2.42. The maximum absolute atomic E-state index is 12.4. The Balaban J connectivity index is 2.03. The summed E-state index contributed by atoms with van der Waals surface area (Å²) in [5.41, 5.74) is 0.519. The number of anilines is 1. The zero-order valence-electron chi connectivity index (χ0n) is 13.0. The molecule has 2 rings (SSSR count). The number of amides is 1. The number of nitrogens with one attached hydrogen (secondary N) is 1. The number of carbonyl (C=O) groups is 1. The number of nitrogens with zero attached hydrogens (tertiary/aromatic N) is 1. The first-order valence-electron chi connectivity index (χ1n) is 7.12. The highest BCUT2D eigenvalue weighted by molar-refractivity contribution is 6.30. The molecule has 0 aliphatic heterocycles. The first-order chi connectivity index (χ1) is 10.9. The number of carbonyl (C=O) groups excluding carboxylic acids is 1. The number of rotatable bonds is 5. The third-order valence-electron chi connectivity index (χ3n) is 3.23. The quantitative estimate of drug-likeness (QED) is 0.894. The lowest BCUT2D eigenvalue weighted by molar-refractivity contribution is -0.128. The van der Waals surface area contributed by atoms with E-state index in [1.807, 2.05) is 12.1 Å². The molecule has 0 aliphatic rings.